The number of nitrogens with two attached hydrogens (primary N) is 1. The van der Waals surface area contributed by atoms with Crippen molar-refractivity contribution < 1.29 is 9.47 Å². The molecular weight excluding hydrogens is 250 g/mol. The van der Waals surface area contributed by atoms with Gasteiger partial charge in [0.05, 0.1) is 12.7 Å². The van der Waals surface area contributed by atoms with Gasteiger partial charge in [-0.25, -0.2) is 0 Å². The van der Waals surface area contributed by atoms with Gasteiger partial charge in [0.1, 0.15) is 5.75 Å². The van der Waals surface area contributed by atoms with Crippen LogP contribution in [-0.4, -0.2) is 25.4 Å². The van der Waals surface area contributed by atoms with Gasteiger partial charge in [-0.15, -0.1) is 0 Å². The molecule has 0 aromatic heterocycles. The van der Waals surface area contributed by atoms with Crippen molar-refractivity contribution in [2.24, 2.45) is 5.73 Å². The molecule has 2 aliphatic rings. The zero-order valence-corrected chi connectivity index (χ0v) is 12.1. The van der Waals surface area contributed by atoms with Crippen LogP contribution in [0.2, 0.25) is 0 Å². The Kier molecular flexibility index (Phi) is 4.58. The molecule has 20 heavy (non-hydrogen) atoms. The zero-order valence-electron chi connectivity index (χ0n) is 12.1. The van der Waals surface area contributed by atoms with E-state index in [9.17, 15) is 0 Å². The molecule has 0 spiro atoms. The van der Waals surface area contributed by atoms with Crippen molar-refractivity contribution in [1.29, 1.82) is 0 Å². The Labute approximate surface area is 121 Å². The van der Waals surface area contributed by atoms with E-state index in [1.807, 2.05) is 6.07 Å². The van der Waals surface area contributed by atoms with E-state index >= 15 is 0 Å². The highest BCUT2D eigenvalue weighted by molar-refractivity contribution is 5.38. The summed E-state index contributed by atoms with van der Waals surface area (Å²) in [5.41, 5.74) is 7.75. The molecule has 0 saturated carbocycles. The maximum atomic E-state index is 6.45. The summed E-state index contributed by atoms with van der Waals surface area (Å²) in [6, 6.07) is 8.57. The van der Waals surface area contributed by atoms with Gasteiger partial charge < -0.3 is 15.2 Å². The Balaban J connectivity index is 1.53. The Bertz CT molecular complexity index is 429. The lowest BCUT2D eigenvalue weighted by atomic mass is 9.84. The summed E-state index contributed by atoms with van der Waals surface area (Å²) >= 11 is 0. The van der Waals surface area contributed by atoms with Crippen LogP contribution in [0, 0.1) is 0 Å². The van der Waals surface area contributed by atoms with Crippen LogP contribution >= 0.6 is 0 Å². The Morgan fingerprint density at radius 1 is 1.20 bits per heavy atom. The number of benzene rings is 1. The van der Waals surface area contributed by atoms with E-state index in [4.69, 9.17) is 15.2 Å². The Morgan fingerprint density at radius 3 is 2.95 bits per heavy atom. The Hall–Kier alpha value is -1.06. The fraction of sp³-hybridized carbons (Fsp3) is 0.647. The molecule has 110 valence electrons. The van der Waals surface area contributed by atoms with Crippen molar-refractivity contribution >= 4 is 0 Å². The van der Waals surface area contributed by atoms with Crippen LogP contribution in [0.4, 0.5) is 0 Å². The van der Waals surface area contributed by atoms with E-state index < -0.39 is 0 Å². The number of para-hydroxylation sites is 1. The van der Waals surface area contributed by atoms with Crippen molar-refractivity contribution in [2.45, 2.75) is 56.6 Å². The maximum Gasteiger partial charge on any atom is 0.122 e. The van der Waals surface area contributed by atoms with Crippen LogP contribution in [0.1, 0.15) is 50.0 Å². The second-order valence-corrected chi connectivity index (χ2v) is 6.01. The predicted molar refractivity (Wildman–Crippen MR) is 80.1 cm³/mol. The first-order valence-electron chi connectivity index (χ1n) is 7.93. The first kappa shape index (κ1) is 13.9. The fourth-order valence-electron chi connectivity index (χ4n) is 3.47. The number of fused-ring (bicyclic) bond motifs is 1. The molecule has 0 aliphatic carbocycles. The lowest BCUT2D eigenvalue weighted by molar-refractivity contribution is 0.101. The quantitative estimate of drug-likeness (QED) is 0.897. The normalized spacial score (nSPS) is 26.9. The van der Waals surface area contributed by atoms with Crippen molar-refractivity contribution in [3.63, 3.8) is 0 Å². The van der Waals surface area contributed by atoms with Crippen molar-refractivity contribution in [1.82, 2.24) is 0 Å². The molecule has 2 aliphatic heterocycles. The molecule has 1 aromatic carbocycles. The second kappa shape index (κ2) is 6.59. The van der Waals surface area contributed by atoms with Gasteiger partial charge in [0.25, 0.3) is 0 Å². The molecular formula is C17H25NO2. The molecule has 3 atom stereocenters. The number of rotatable bonds is 5. The van der Waals surface area contributed by atoms with Crippen LogP contribution < -0.4 is 10.5 Å². The molecule has 3 nitrogen and oxygen atoms in total. The highest BCUT2D eigenvalue weighted by atomic mass is 16.5. The van der Waals surface area contributed by atoms with Crippen LogP contribution in [0.25, 0.3) is 0 Å². The lowest BCUT2D eigenvalue weighted by Crippen LogP contribution is -2.32. The minimum Gasteiger partial charge on any atom is -0.493 e. The third-order valence-electron chi connectivity index (χ3n) is 4.61. The van der Waals surface area contributed by atoms with Gasteiger partial charge in [-0.3, -0.25) is 0 Å². The van der Waals surface area contributed by atoms with E-state index in [1.165, 1.54) is 31.2 Å². The van der Waals surface area contributed by atoms with E-state index in [0.717, 1.165) is 31.8 Å². The van der Waals surface area contributed by atoms with Gasteiger partial charge in [0.2, 0.25) is 0 Å². The molecule has 0 bridgehead atoms. The molecule has 0 radical (unpaired) electrons. The fourth-order valence-corrected chi connectivity index (χ4v) is 3.47. The summed E-state index contributed by atoms with van der Waals surface area (Å²) in [7, 11) is 0. The molecule has 2 heterocycles. The van der Waals surface area contributed by atoms with Crippen molar-refractivity contribution in [3.8, 4) is 5.75 Å². The highest BCUT2D eigenvalue weighted by Gasteiger charge is 2.26. The van der Waals surface area contributed by atoms with Crippen LogP contribution in [0.3, 0.4) is 0 Å². The summed E-state index contributed by atoms with van der Waals surface area (Å²) in [6.45, 7) is 1.74. The van der Waals surface area contributed by atoms with Crippen molar-refractivity contribution in [2.75, 3.05) is 13.2 Å². The summed E-state index contributed by atoms with van der Waals surface area (Å²) in [5.74, 6) is 1.47. The van der Waals surface area contributed by atoms with Gasteiger partial charge in [-0.2, -0.15) is 0 Å². The van der Waals surface area contributed by atoms with E-state index in [0.29, 0.717) is 12.0 Å². The third-order valence-corrected chi connectivity index (χ3v) is 4.61. The summed E-state index contributed by atoms with van der Waals surface area (Å²) in [6.07, 6.45) is 7.41. The highest BCUT2D eigenvalue weighted by Crippen LogP contribution is 2.36. The smallest absolute Gasteiger partial charge is 0.122 e. The topological polar surface area (TPSA) is 44.5 Å². The van der Waals surface area contributed by atoms with Gasteiger partial charge in [0, 0.05) is 18.6 Å². The molecule has 0 amide bonds. The van der Waals surface area contributed by atoms with Gasteiger partial charge in [-0.1, -0.05) is 18.2 Å². The monoisotopic (exact) mass is 275 g/mol. The molecule has 3 unspecified atom stereocenters. The second-order valence-electron chi connectivity index (χ2n) is 6.01. The standard InChI is InChI=1S/C17H25NO2/c18-16(8-3-5-13-6-4-11-19-13)14-10-12-20-17-9-2-1-7-15(14)17/h1-2,7,9,13-14,16H,3-6,8,10-12,18H2. The minimum absolute atomic E-state index is 0.237. The predicted octanol–water partition coefficient (Wildman–Crippen LogP) is 3.23. The zero-order chi connectivity index (χ0) is 13.8. The van der Waals surface area contributed by atoms with Gasteiger partial charge in [-0.05, 0) is 50.2 Å². The minimum atomic E-state index is 0.237. The summed E-state index contributed by atoms with van der Waals surface area (Å²) < 4.78 is 11.4. The first-order chi connectivity index (χ1) is 9.84. The van der Waals surface area contributed by atoms with Crippen molar-refractivity contribution in [3.05, 3.63) is 29.8 Å². The molecule has 1 aromatic rings. The van der Waals surface area contributed by atoms with E-state index in [1.54, 1.807) is 0 Å². The van der Waals surface area contributed by atoms with Crippen LogP contribution in [0.15, 0.2) is 24.3 Å². The van der Waals surface area contributed by atoms with Crippen LogP contribution in [0.5, 0.6) is 5.75 Å². The summed E-state index contributed by atoms with van der Waals surface area (Å²) in [5, 5.41) is 0. The third kappa shape index (κ3) is 3.15. The molecule has 3 heteroatoms. The first-order valence-corrected chi connectivity index (χ1v) is 7.93. The maximum absolute atomic E-state index is 6.45. The number of hydrogen-bond acceptors (Lipinski definition) is 3. The van der Waals surface area contributed by atoms with E-state index in [-0.39, 0.29) is 6.04 Å². The molecule has 2 N–H and O–H groups in total. The number of hydrogen-bond donors (Lipinski definition) is 1. The number of ether oxygens (including phenoxy) is 2. The van der Waals surface area contributed by atoms with Crippen LogP contribution in [-0.2, 0) is 4.74 Å². The van der Waals surface area contributed by atoms with Gasteiger partial charge >= 0.3 is 0 Å². The molecule has 3 rings (SSSR count). The van der Waals surface area contributed by atoms with Gasteiger partial charge in [0.15, 0.2) is 0 Å². The Morgan fingerprint density at radius 2 is 2.10 bits per heavy atom. The molecule has 1 saturated heterocycles. The lowest BCUT2D eigenvalue weighted by Gasteiger charge is -2.30. The largest absolute Gasteiger partial charge is 0.493 e. The summed E-state index contributed by atoms with van der Waals surface area (Å²) in [4.78, 5) is 0. The average Bonchev–Trinajstić information content (AvgIpc) is 3.00. The van der Waals surface area contributed by atoms with E-state index in [2.05, 4.69) is 18.2 Å². The average molecular weight is 275 g/mol. The molecule has 1 fully saturated rings. The SMILES string of the molecule is NC(CCCC1CCCO1)C1CCOc2ccccc21.